The van der Waals surface area contributed by atoms with Gasteiger partial charge in [0.15, 0.2) is 10.7 Å². The number of benzene rings is 1. The maximum atomic E-state index is 11.8. The van der Waals surface area contributed by atoms with E-state index in [0.29, 0.717) is 23.3 Å². The molecule has 1 aliphatic carbocycles. The van der Waals surface area contributed by atoms with Crippen molar-refractivity contribution in [3.05, 3.63) is 47.7 Å². The van der Waals surface area contributed by atoms with Crippen molar-refractivity contribution in [2.75, 3.05) is 10.6 Å². The summed E-state index contributed by atoms with van der Waals surface area (Å²) >= 11 is 1.68. The Bertz CT molecular complexity index is 990. The Balaban J connectivity index is 1.27. The van der Waals surface area contributed by atoms with Gasteiger partial charge in [-0.25, -0.2) is 9.97 Å². The molecule has 1 fully saturated rings. The molecule has 2 aromatic heterocycles. The maximum absolute atomic E-state index is 11.8. The van der Waals surface area contributed by atoms with Gasteiger partial charge in [0.1, 0.15) is 5.82 Å². The lowest BCUT2D eigenvalue weighted by molar-refractivity contribution is -0.131. The Kier molecular flexibility index (Phi) is 3.32. The van der Waals surface area contributed by atoms with Crippen molar-refractivity contribution < 1.29 is 9.90 Å². The molecule has 3 aromatic rings. The minimum Gasteiger partial charge on any atom is -0.375 e. The zero-order valence-corrected chi connectivity index (χ0v) is 15.0. The van der Waals surface area contributed by atoms with Gasteiger partial charge in [-0.15, -0.1) is 0 Å². The van der Waals surface area contributed by atoms with E-state index >= 15 is 0 Å². The summed E-state index contributed by atoms with van der Waals surface area (Å²) in [6.45, 7) is 1.50. The van der Waals surface area contributed by atoms with E-state index in [-0.39, 0.29) is 0 Å². The third-order valence-electron chi connectivity index (χ3n) is 5.29. The number of fused-ring (bicyclic) bond motifs is 2. The molecule has 1 aliphatic heterocycles. The minimum atomic E-state index is -1.49. The molecule has 7 heteroatoms. The van der Waals surface area contributed by atoms with Gasteiger partial charge in [-0.3, -0.25) is 4.79 Å². The first-order valence-corrected chi connectivity index (χ1v) is 9.50. The van der Waals surface area contributed by atoms with E-state index in [4.69, 9.17) is 0 Å². The lowest BCUT2D eigenvalue weighted by atomic mass is 9.78. The SMILES string of the molecule is C[C@@]1(O)C(=O)Nc2nc([C@H]3C[C@H](Nc4nc5ccccc5s4)C3)ccc21. The van der Waals surface area contributed by atoms with Crippen LogP contribution in [-0.4, -0.2) is 27.0 Å². The van der Waals surface area contributed by atoms with Crippen LogP contribution in [0.15, 0.2) is 36.4 Å². The number of para-hydroxylation sites is 1. The molecular formula is C19H18N4O2S. The fourth-order valence-corrected chi connectivity index (χ4v) is 4.57. The maximum Gasteiger partial charge on any atom is 0.261 e. The smallest absolute Gasteiger partial charge is 0.261 e. The van der Waals surface area contributed by atoms with Gasteiger partial charge in [-0.1, -0.05) is 29.5 Å². The van der Waals surface area contributed by atoms with Gasteiger partial charge in [0.2, 0.25) is 0 Å². The normalized spacial score (nSPS) is 27.1. The van der Waals surface area contributed by atoms with Crippen molar-refractivity contribution in [2.45, 2.75) is 37.3 Å². The fraction of sp³-hybridized carbons (Fsp3) is 0.316. The van der Waals surface area contributed by atoms with Crippen molar-refractivity contribution in [1.29, 1.82) is 0 Å². The Morgan fingerprint density at radius 3 is 2.85 bits per heavy atom. The Morgan fingerprint density at radius 2 is 2.04 bits per heavy atom. The number of thiazole rings is 1. The first-order valence-electron chi connectivity index (χ1n) is 8.68. The number of carbonyl (C=O) groups excluding carboxylic acids is 1. The van der Waals surface area contributed by atoms with E-state index in [1.807, 2.05) is 30.3 Å². The van der Waals surface area contributed by atoms with Crippen LogP contribution in [0.5, 0.6) is 0 Å². The molecule has 26 heavy (non-hydrogen) atoms. The number of pyridine rings is 1. The van der Waals surface area contributed by atoms with Gasteiger partial charge in [-0.2, -0.15) is 0 Å². The van der Waals surface area contributed by atoms with Crippen LogP contribution in [0.2, 0.25) is 0 Å². The zero-order chi connectivity index (χ0) is 17.9. The third-order valence-corrected chi connectivity index (χ3v) is 6.26. The molecule has 0 bridgehead atoms. The van der Waals surface area contributed by atoms with Crippen molar-refractivity contribution >= 4 is 38.4 Å². The summed E-state index contributed by atoms with van der Waals surface area (Å²) in [4.78, 5) is 21.0. The number of aromatic nitrogens is 2. The molecule has 1 atom stereocenters. The highest BCUT2D eigenvalue weighted by Gasteiger charge is 2.42. The molecule has 0 unspecified atom stereocenters. The van der Waals surface area contributed by atoms with E-state index in [1.54, 1.807) is 11.3 Å². The number of anilines is 2. The molecular weight excluding hydrogens is 348 g/mol. The number of rotatable bonds is 3. The largest absolute Gasteiger partial charge is 0.375 e. The minimum absolute atomic E-state index is 0.356. The fourth-order valence-electron chi connectivity index (χ4n) is 3.63. The van der Waals surface area contributed by atoms with Crippen LogP contribution >= 0.6 is 11.3 Å². The summed E-state index contributed by atoms with van der Waals surface area (Å²) in [6, 6.07) is 12.3. The molecule has 3 heterocycles. The predicted octanol–water partition coefficient (Wildman–Crippen LogP) is 3.21. The van der Waals surface area contributed by atoms with Crippen LogP contribution in [0.3, 0.4) is 0 Å². The highest BCUT2D eigenvalue weighted by molar-refractivity contribution is 7.22. The molecule has 1 aromatic carbocycles. The lowest BCUT2D eigenvalue weighted by Gasteiger charge is -2.35. The van der Waals surface area contributed by atoms with Crippen LogP contribution in [0.1, 0.15) is 36.9 Å². The van der Waals surface area contributed by atoms with E-state index in [1.165, 1.54) is 11.6 Å². The second kappa shape index (κ2) is 5.49. The lowest BCUT2D eigenvalue weighted by Crippen LogP contribution is -2.34. The third kappa shape index (κ3) is 2.39. The standard InChI is InChI=1S/C19H18N4O2S/c1-19(25)12-6-7-13(21-16(12)23-17(19)24)10-8-11(9-10)20-18-22-14-4-2-3-5-15(14)26-18/h2-7,10-11,25H,8-9H2,1H3,(H,20,22)(H,21,23,24)/t10-,11-,19-/m0/s1. The molecule has 0 spiro atoms. The van der Waals surface area contributed by atoms with Crippen molar-refractivity contribution in [2.24, 2.45) is 0 Å². The van der Waals surface area contributed by atoms with Crippen LogP contribution in [0.25, 0.3) is 10.2 Å². The second-order valence-electron chi connectivity index (χ2n) is 7.15. The van der Waals surface area contributed by atoms with Crippen LogP contribution < -0.4 is 10.6 Å². The summed E-state index contributed by atoms with van der Waals surface area (Å²) in [7, 11) is 0. The Hall–Kier alpha value is -2.51. The first kappa shape index (κ1) is 15.7. The van der Waals surface area contributed by atoms with Gasteiger partial charge in [0.05, 0.1) is 10.2 Å². The number of carbonyl (C=O) groups is 1. The van der Waals surface area contributed by atoms with Crippen molar-refractivity contribution in [3.8, 4) is 0 Å². The highest BCUT2D eigenvalue weighted by Crippen LogP contribution is 2.41. The Labute approximate surface area is 154 Å². The number of nitrogens with zero attached hydrogens (tertiary/aromatic N) is 2. The van der Waals surface area contributed by atoms with E-state index in [0.717, 1.165) is 29.2 Å². The van der Waals surface area contributed by atoms with Gasteiger partial charge < -0.3 is 15.7 Å². The van der Waals surface area contributed by atoms with E-state index < -0.39 is 11.5 Å². The second-order valence-corrected chi connectivity index (χ2v) is 8.19. The average Bonchev–Trinajstić information content (AvgIpc) is 3.08. The summed E-state index contributed by atoms with van der Waals surface area (Å²) in [5.74, 6) is 0.427. The number of aliphatic hydroxyl groups is 1. The Morgan fingerprint density at radius 1 is 1.23 bits per heavy atom. The summed E-state index contributed by atoms with van der Waals surface area (Å²) in [5, 5.41) is 17.4. The molecule has 2 aliphatic rings. The zero-order valence-electron chi connectivity index (χ0n) is 14.2. The van der Waals surface area contributed by atoms with Crippen molar-refractivity contribution in [3.63, 3.8) is 0 Å². The molecule has 132 valence electrons. The van der Waals surface area contributed by atoms with E-state index in [2.05, 4.69) is 26.7 Å². The van der Waals surface area contributed by atoms with Gasteiger partial charge in [0, 0.05) is 23.2 Å². The topological polar surface area (TPSA) is 87.1 Å². The van der Waals surface area contributed by atoms with E-state index in [9.17, 15) is 9.90 Å². The number of amides is 1. The van der Waals surface area contributed by atoms with Gasteiger partial charge in [-0.05, 0) is 38.0 Å². The predicted molar refractivity (Wildman–Crippen MR) is 101 cm³/mol. The molecule has 1 saturated carbocycles. The monoisotopic (exact) mass is 366 g/mol. The number of nitrogens with one attached hydrogen (secondary N) is 2. The highest BCUT2D eigenvalue weighted by atomic mass is 32.1. The quantitative estimate of drug-likeness (QED) is 0.663. The number of hydrogen-bond acceptors (Lipinski definition) is 6. The van der Waals surface area contributed by atoms with Gasteiger partial charge in [0.25, 0.3) is 5.91 Å². The first-order chi connectivity index (χ1) is 12.5. The number of hydrogen-bond donors (Lipinski definition) is 3. The van der Waals surface area contributed by atoms with Crippen LogP contribution in [-0.2, 0) is 10.4 Å². The molecule has 1 amide bonds. The van der Waals surface area contributed by atoms with Crippen LogP contribution in [0, 0.1) is 0 Å². The van der Waals surface area contributed by atoms with Gasteiger partial charge >= 0.3 is 0 Å². The summed E-state index contributed by atoms with van der Waals surface area (Å²) in [5.41, 5.74) is 1.05. The summed E-state index contributed by atoms with van der Waals surface area (Å²) < 4.78 is 1.19. The van der Waals surface area contributed by atoms with Crippen LogP contribution in [0.4, 0.5) is 10.9 Å². The van der Waals surface area contributed by atoms with Crippen molar-refractivity contribution in [1.82, 2.24) is 9.97 Å². The molecule has 5 rings (SSSR count). The molecule has 0 saturated heterocycles. The molecule has 3 N–H and O–H groups in total. The molecule has 6 nitrogen and oxygen atoms in total. The summed E-state index contributed by atoms with van der Waals surface area (Å²) in [6.07, 6.45) is 1.96. The molecule has 0 radical (unpaired) electrons. The average molecular weight is 366 g/mol.